The van der Waals surface area contributed by atoms with Crippen molar-refractivity contribution in [2.24, 2.45) is 10.2 Å². The van der Waals surface area contributed by atoms with Gasteiger partial charge in [-0.1, -0.05) is 12.1 Å². The van der Waals surface area contributed by atoms with Gasteiger partial charge < -0.3 is 15.0 Å². The number of benzene rings is 1. The van der Waals surface area contributed by atoms with Crippen LogP contribution in [0.3, 0.4) is 0 Å². The van der Waals surface area contributed by atoms with E-state index in [4.69, 9.17) is 11.2 Å². The number of para-hydroxylation sites is 2. The van der Waals surface area contributed by atoms with Gasteiger partial charge in [0.1, 0.15) is 5.75 Å². The molecule has 1 atom stereocenters. The van der Waals surface area contributed by atoms with E-state index in [0.29, 0.717) is 37.4 Å². The minimum absolute atomic E-state index is 0.109. The van der Waals surface area contributed by atoms with Crippen LogP contribution in [0.1, 0.15) is 32.6 Å². The molecule has 1 aromatic rings. The van der Waals surface area contributed by atoms with Gasteiger partial charge in [0.2, 0.25) is 5.91 Å². The summed E-state index contributed by atoms with van der Waals surface area (Å²) in [5, 5.41) is 10.9. The van der Waals surface area contributed by atoms with E-state index in [1.807, 2.05) is 24.3 Å². The summed E-state index contributed by atoms with van der Waals surface area (Å²) in [4.78, 5) is 26.1. The fourth-order valence-corrected chi connectivity index (χ4v) is 2.96. The van der Waals surface area contributed by atoms with Gasteiger partial charge in [-0.25, -0.2) is 0 Å². The van der Waals surface area contributed by atoms with Gasteiger partial charge in [-0.05, 0) is 19.1 Å². The van der Waals surface area contributed by atoms with Crippen LogP contribution >= 0.6 is 0 Å². The molecule has 136 valence electrons. The third-order valence-corrected chi connectivity index (χ3v) is 4.54. The number of rotatable bonds is 8. The Morgan fingerprint density at radius 1 is 1.38 bits per heavy atom. The number of ether oxygens (including phenoxy) is 1. The van der Waals surface area contributed by atoms with Crippen molar-refractivity contribution in [3.63, 3.8) is 0 Å². The zero-order chi connectivity index (χ0) is 18.6. The Balaban J connectivity index is 1.47. The van der Waals surface area contributed by atoms with Gasteiger partial charge in [0, 0.05) is 38.8 Å². The predicted molar refractivity (Wildman–Crippen MR) is 96.8 cm³/mol. The molecule has 0 saturated carbocycles. The standard InChI is InChI=1S/C19H22N4O3/c1-3-4-10-19(21-22-19)11-12-20-17(24)9-13-23-15-7-5-6-8-16(15)26-14(2)18(23)25/h1,5-8,14H,4,9-13H2,2H3,(H,20,24). The molecule has 2 heterocycles. The molecule has 0 saturated heterocycles. The molecule has 1 N–H and O–H groups in total. The Morgan fingerprint density at radius 3 is 2.88 bits per heavy atom. The molecule has 3 rings (SSSR count). The van der Waals surface area contributed by atoms with E-state index in [1.54, 1.807) is 11.8 Å². The summed E-state index contributed by atoms with van der Waals surface area (Å²) in [6.45, 7) is 2.51. The van der Waals surface area contributed by atoms with Gasteiger partial charge in [0.05, 0.1) is 5.69 Å². The molecule has 0 radical (unpaired) electrons. The molecule has 7 nitrogen and oxygen atoms in total. The molecule has 1 unspecified atom stereocenters. The van der Waals surface area contributed by atoms with E-state index in [0.717, 1.165) is 6.42 Å². The lowest BCUT2D eigenvalue weighted by atomic mass is 10.0. The molecule has 1 aromatic carbocycles. The first-order valence-electron chi connectivity index (χ1n) is 8.76. The van der Waals surface area contributed by atoms with Crippen molar-refractivity contribution in [2.75, 3.05) is 18.0 Å². The first kappa shape index (κ1) is 17.9. The molecule has 0 bridgehead atoms. The van der Waals surface area contributed by atoms with Crippen LogP contribution in [0.25, 0.3) is 0 Å². The van der Waals surface area contributed by atoms with Crippen LogP contribution in [-0.4, -0.2) is 36.7 Å². The molecular formula is C19H22N4O3. The monoisotopic (exact) mass is 354 g/mol. The zero-order valence-electron chi connectivity index (χ0n) is 14.8. The summed E-state index contributed by atoms with van der Waals surface area (Å²) in [6, 6.07) is 7.35. The average molecular weight is 354 g/mol. The summed E-state index contributed by atoms with van der Waals surface area (Å²) in [5.41, 5.74) is 0.306. The fraction of sp³-hybridized carbons (Fsp3) is 0.474. The van der Waals surface area contributed by atoms with E-state index in [1.165, 1.54) is 0 Å². The third kappa shape index (κ3) is 4.02. The molecule has 2 aliphatic heterocycles. The molecule has 7 heteroatoms. The van der Waals surface area contributed by atoms with Gasteiger partial charge in [0.25, 0.3) is 5.91 Å². The second kappa shape index (κ2) is 7.56. The lowest BCUT2D eigenvalue weighted by Crippen LogP contribution is -2.45. The zero-order valence-corrected chi connectivity index (χ0v) is 14.8. The second-order valence-corrected chi connectivity index (χ2v) is 6.45. The summed E-state index contributed by atoms with van der Waals surface area (Å²) in [6.07, 6.45) is 6.92. The Morgan fingerprint density at radius 2 is 2.15 bits per heavy atom. The van der Waals surface area contributed by atoms with Crippen molar-refractivity contribution >= 4 is 17.5 Å². The molecule has 0 aliphatic carbocycles. The van der Waals surface area contributed by atoms with Gasteiger partial charge in [-0.15, -0.1) is 12.3 Å². The highest BCUT2D eigenvalue weighted by molar-refractivity contribution is 6.00. The van der Waals surface area contributed by atoms with E-state index in [9.17, 15) is 9.59 Å². The van der Waals surface area contributed by atoms with Crippen LogP contribution in [0.4, 0.5) is 5.69 Å². The van der Waals surface area contributed by atoms with E-state index in [2.05, 4.69) is 21.5 Å². The maximum absolute atomic E-state index is 12.4. The van der Waals surface area contributed by atoms with Gasteiger partial charge in [0.15, 0.2) is 11.8 Å². The molecule has 0 spiro atoms. The number of hydrogen-bond acceptors (Lipinski definition) is 5. The lowest BCUT2D eigenvalue weighted by molar-refractivity contribution is -0.125. The summed E-state index contributed by atoms with van der Waals surface area (Å²) < 4.78 is 5.60. The second-order valence-electron chi connectivity index (χ2n) is 6.45. The first-order valence-corrected chi connectivity index (χ1v) is 8.76. The largest absolute Gasteiger partial charge is 0.479 e. The maximum Gasteiger partial charge on any atom is 0.267 e. The minimum Gasteiger partial charge on any atom is -0.479 e. The van der Waals surface area contributed by atoms with E-state index < -0.39 is 11.8 Å². The summed E-state index contributed by atoms with van der Waals surface area (Å²) >= 11 is 0. The third-order valence-electron chi connectivity index (χ3n) is 4.54. The molecule has 2 aliphatic rings. The number of terminal acetylenes is 1. The fourth-order valence-electron chi connectivity index (χ4n) is 2.96. The Hall–Kier alpha value is -2.88. The van der Waals surface area contributed by atoms with E-state index >= 15 is 0 Å². The smallest absolute Gasteiger partial charge is 0.267 e. The Labute approximate surface area is 152 Å². The maximum atomic E-state index is 12.4. The molecule has 26 heavy (non-hydrogen) atoms. The first-order chi connectivity index (χ1) is 12.5. The predicted octanol–water partition coefficient (Wildman–Crippen LogP) is 2.27. The van der Waals surface area contributed by atoms with Crippen molar-refractivity contribution in [2.45, 2.75) is 44.4 Å². The highest BCUT2D eigenvalue weighted by Crippen LogP contribution is 2.36. The van der Waals surface area contributed by atoms with E-state index in [-0.39, 0.29) is 18.2 Å². The number of fused-ring (bicyclic) bond motifs is 1. The number of carbonyl (C=O) groups is 2. The number of carbonyl (C=O) groups excluding carboxylic acids is 2. The van der Waals surface area contributed by atoms with Crippen LogP contribution in [-0.2, 0) is 9.59 Å². The van der Waals surface area contributed by atoms with Crippen molar-refractivity contribution < 1.29 is 14.3 Å². The number of anilines is 1. The molecule has 0 fully saturated rings. The normalized spacial score (nSPS) is 19.3. The minimum atomic E-state index is -0.554. The van der Waals surface area contributed by atoms with Crippen molar-refractivity contribution in [3.8, 4) is 18.1 Å². The quantitative estimate of drug-likeness (QED) is 0.727. The summed E-state index contributed by atoms with van der Waals surface area (Å²) in [5.74, 6) is 2.99. The van der Waals surface area contributed by atoms with Crippen molar-refractivity contribution in [3.05, 3.63) is 24.3 Å². The molecule has 2 amide bonds. The lowest BCUT2D eigenvalue weighted by Gasteiger charge is -2.32. The summed E-state index contributed by atoms with van der Waals surface area (Å²) in [7, 11) is 0. The number of nitrogens with one attached hydrogen (secondary N) is 1. The van der Waals surface area contributed by atoms with Crippen LogP contribution in [0.15, 0.2) is 34.5 Å². The van der Waals surface area contributed by atoms with Crippen molar-refractivity contribution in [1.29, 1.82) is 0 Å². The Bertz CT molecular complexity index is 762. The van der Waals surface area contributed by atoms with Crippen molar-refractivity contribution in [1.82, 2.24) is 5.32 Å². The van der Waals surface area contributed by atoms with Gasteiger partial charge >= 0.3 is 0 Å². The number of hydrogen-bond donors (Lipinski definition) is 1. The SMILES string of the molecule is C#CCCC1(CCNC(=O)CCN2C(=O)C(C)Oc3ccccc32)N=N1. The molecule has 0 aromatic heterocycles. The molecular weight excluding hydrogens is 332 g/mol. The number of nitrogens with zero attached hydrogens (tertiary/aromatic N) is 3. The van der Waals surface area contributed by atoms with Crippen LogP contribution < -0.4 is 15.0 Å². The van der Waals surface area contributed by atoms with Crippen LogP contribution in [0.2, 0.25) is 0 Å². The highest BCUT2D eigenvalue weighted by Gasteiger charge is 2.38. The van der Waals surface area contributed by atoms with Crippen LogP contribution in [0.5, 0.6) is 5.75 Å². The Kier molecular flexibility index (Phi) is 5.21. The number of amides is 2. The highest BCUT2D eigenvalue weighted by atomic mass is 16.5. The van der Waals surface area contributed by atoms with Gasteiger partial charge in [-0.2, -0.15) is 10.2 Å². The van der Waals surface area contributed by atoms with Crippen LogP contribution in [0, 0.1) is 12.3 Å². The topological polar surface area (TPSA) is 83.4 Å². The average Bonchev–Trinajstić information content (AvgIpc) is 3.40. The van der Waals surface area contributed by atoms with Gasteiger partial charge in [-0.3, -0.25) is 9.59 Å².